The fraction of sp³-hybridized carbons (Fsp3) is 0.333. The summed E-state index contributed by atoms with van der Waals surface area (Å²) in [6.45, 7) is 2.26. The minimum absolute atomic E-state index is 0.166. The Hall–Kier alpha value is -1.64. The molecule has 1 aromatic carbocycles. The van der Waals surface area contributed by atoms with Gasteiger partial charge in [-0.2, -0.15) is 0 Å². The Kier molecular flexibility index (Phi) is 4.54. The number of ether oxygens (including phenoxy) is 1. The highest BCUT2D eigenvalue weighted by Crippen LogP contribution is 2.12. The van der Waals surface area contributed by atoms with E-state index in [2.05, 4.69) is 11.7 Å². The lowest BCUT2D eigenvalue weighted by Crippen LogP contribution is -2.07. The Morgan fingerprint density at radius 3 is 2.80 bits per heavy atom. The second kappa shape index (κ2) is 5.96. The lowest BCUT2D eigenvalue weighted by molar-refractivity contribution is -0.123. The average Bonchev–Trinajstić information content (AvgIpc) is 2.27. The first-order valence-corrected chi connectivity index (χ1v) is 5.02. The van der Waals surface area contributed by atoms with Crippen molar-refractivity contribution in [1.82, 2.24) is 0 Å². The quantitative estimate of drug-likeness (QED) is 0.422. The van der Waals surface area contributed by atoms with Gasteiger partial charge in [-0.3, -0.25) is 4.79 Å². The number of esters is 1. The third-order valence-corrected chi connectivity index (χ3v) is 2.19. The van der Waals surface area contributed by atoms with Gasteiger partial charge in [0.2, 0.25) is 0 Å². The standard InChI is InChI=1S/C12H14O3/c1-2-3-6-10-7-4-5-8-11(10)12(14)15-9-13/h4-5,7-9H,2-3,6H2,1H3. The van der Waals surface area contributed by atoms with E-state index in [-0.39, 0.29) is 6.47 Å². The van der Waals surface area contributed by atoms with Gasteiger partial charge in [0.15, 0.2) is 0 Å². The van der Waals surface area contributed by atoms with E-state index in [0.717, 1.165) is 24.8 Å². The number of aryl methyl sites for hydroxylation is 1. The molecule has 80 valence electrons. The Morgan fingerprint density at radius 1 is 1.40 bits per heavy atom. The molecule has 0 atom stereocenters. The summed E-state index contributed by atoms with van der Waals surface area (Å²) in [4.78, 5) is 21.4. The predicted molar refractivity (Wildman–Crippen MR) is 56.5 cm³/mol. The van der Waals surface area contributed by atoms with Crippen molar-refractivity contribution in [3.63, 3.8) is 0 Å². The van der Waals surface area contributed by atoms with Gasteiger partial charge in [-0.05, 0) is 24.5 Å². The maximum Gasteiger partial charge on any atom is 0.345 e. The number of hydrogen-bond acceptors (Lipinski definition) is 3. The molecule has 0 heterocycles. The maximum atomic E-state index is 11.4. The fourth-order valence-corrected chi connectivity index (χ4v) is 1.41. The van der Waals surface area contributed by atoms with Gasteiger partial charge < -0.3 is 4.74 Å². The number of unbranched alkanes of at least 4 members (excludes halogenated alkanes) is 1. The smallest absolute Gasteiger partial charge is 0.345 e. The number of carbonyl (C=O) groups excluding carboxylic acids is 2. The van der Waals surface area contributed by atoms with E-state index in [9.17, 15) is 9.59 Å². The molecule has 1 rings (SSSR count). The molecule has 0 saturated heterocycles. The van der Waals surface area contributed by atoms with Gasteiger partial charge in [0.25, 0.3) is 0 Å². The van der Waals surface area contributed by atoms with Gasteiger partial charge in [-0.15, -0.1) is 0 Å². The summed E-state index contributed by atoms with van der Waals surface area (Å²) in [6.07, 6.45) is 2.92. The summed E-state index contributed by atoms with van der Waals surface area (Å²) < 4.78 is 4.33. The van der Waals surface area contributed by atoms with Gasteiger partial charge in [0.1, 0.15) is 0 Å². The summed E-state index contributed by atoms with van der Waals surface area (Å²) in [5.41, 5.74) is 1.42. The molecule has 0 aliphatic carbocycles. The van der Waals surface area contributed by atoms with Gasteiger partial charge in [0, 0.05) is 0 Å². The van der Waals surface area contributed by atoms with Crippen LogP contribution in [0.15, 0.2) is 24.3 Å². The molecular weight excluding hydrogens is 192 g/mol. The van der Waals surface area contributed by atoms with E-state index in [0.29, 0.717) is 5.56 Å². The van der Waals surface area contributed by atoms with Gasteiger partial charge >= 0.3 is 12.4 Å². The van der Waals surface area contributed by atoms with Crippen LogP contribution in [0.2, 0.25) is 0 Å². The largest absolute Gasteiger partial charge is 0.392 e. The van der Waals surface area contributed by atoms with Gasteiger partial charge in [0.05, 0.1) is 5.56 Å². The highest BCUT2D eigenvalue weighted by Gasteiger charge is 2.11. The number of carbonyl (C=O) groups is 2. The molecule has 0 saturated carbocycles. The Bertz CT molecular complexity index is 344. The van der Waals surface area contributed by atoms with Crippen LogP contribution >= 0.6 is 0 Å². The van der Waals surface area contributed by atoms with Crippen molar-refractivity contribution in [3.05, 3.63) is 35.4 Å². The van der Waals surface area contributed by atoms with Crippen molar-refractivity contribution in [3.8, 4) is 0 Å². The van der Waals surface area contributed by atoms with Crippen LogP contribution < -0.4 is 0 Å². The van der Waals surface area contributed by atoms with E-state index in [1.54, 1.807) is 12.1 Å². The van der Waals surface area contributed by atoms with Crippen LogP contribution in [0, 0.1) is 0 Å². The van der Waals surface area contributed by atoms with Crippen molar-refractivity contribution in [2.45, 2.75) is 26.2 Å². The summed E-state index contributed by atoms with van der Waals surface area (Å²) >= 11 is 0. The van der Waals surface area contributed by atoms with Crippen molar-refractivity contribution in [2.24, 2.45) is 0 Å². The molecule has 0 spiro atoms. The van der Waals surface area contributed by atoms with E-state index < -0.39 is 5.97 Å². The number of rotatable bonds is 5. The highest BCUT2D eigenvalue weighted by atomic mass is 16.6. The molecule has 0 amide bonds. The molecular formula is C12H14O3. The van der Waals surface area contributed by atoms with Crippen LogP contribution in [0.5, 0.6) is 0 Å². The zero-order valence-corrected chi connectivity index (χ0v) is 8.73. The molecule has 0 N–H and O–H groups in total. The predicted octanol–water partition coefficient (Wildman–Crippen LogP) is 2.34. The topological polar surface area (TPSA) is 43.4 Å². The third-order valence-electron chi connectivity index (χ3n) is 2.19. The van der Waals surface area contributed by atoms with E-state index in [1.165, 1.54) is 0 Å². The van der Waals surface area contributed by atoms with Gasteiger partial charge in [-0.1, -0.05) is 31.5 Å². The SMILES string of the molecule is CCCCc1ccccc1C(=O)OC=O. The van der Waals surface area contributed by atoms with Crippen LogP contribution in [-0.4, -0.2) is 12.4 Å². The first kappa shape index (κ1) is 11.4. The number of benzene rings is 1. The minimum Gasteiger partial charge on any atom is -0.392 e. The van der Waals surface area contributed by atoms with E-state index in [1.807, 2.05) is 12.1 Å². The lowest BCUT2D eigenvalue weighted by atomic mass is 10.0. The Labute approximate surface area is 89.1 Å². The minimum atomic E-state index is -0.572. The first-order chi connectivity index (χ1) is 7.29. The molecule has 1 aromatic rings. The Balaban J connectivity index is 2.85. The normalized spacial score (nSPS) is 9.67. The first-order valence-electron chi connectivity index (χ1n) is 5.02. The fourth-order valence-electron chi connectivity index (χ4n) is 1.41. The number of hydrogen-bond donors (Lipinski definition) is 0. The molecule has 0 radical (unpaired) electrons. The molecule has 0 unspecified atom stereocenters. The summed E-state index contributed by atoms with van der Waals surface area (Å²) in [6, 6.07) is 7.20. The van der Waals surface area contributed by atoms with Crippen molar-refractivity contribution in [2.75, 3.05) is 0 Å². The average molecular weight is 206 g/mol. The molecule has 0 aliphatic heterocycles. The van der Waals surface area contributed by atoms with E-state index in [4.69, 9.17) is 0 Å². The second-order valence-corrected chi connectivity index (χ2v) is 3.26. The molecule has 3 heteroatoms. The highest BCUT2D eigenvalue weighted by molar-refractivity contribution is 5.94. The summed E-state index contributed by atoms with van der Waals surface area (Å²) in [7, 11) is 0. The van der Waals surface area contributed by atoms with Crippen molar-refractivity contribution in [1.29, 1.82) is 0 Å². The van der Waals surface area contributed by atoms with E-state index >= 15 is 0 Å². The maximum absolute atomic E-state index is 11.4. The van der Waals surface area contributed by atoms with Crippen LogP contribution in [0.4, 0.5) is 0 Å². The zero-order chi connectivity index (χ0) is 11.1. The summed E-state index contributed by atoms with van der Waals surface area (Å²) in [5, 5.41) is 0. The van der Waals surface area contributed by atoms with Crippen LogP contribution in [0.1, 0.15) is 35.7 Å². The monoisotopic (exact) mass is 206 g/mol. The summed E-state index contributed by atoms with van der Waals surface area (Å²) in [5.74, 6) is -0.572. The second-order valence-electron chi connectivity index (χ2n) is 3.26. The Morgan fingerprint density at radius 2 is 2.13 bits per heavy atom. The molecule has 15 heavy (non-hydrogen) atoms. The molecule has 0 aliphatic rings. The lowest BCUT2D eigenvalue weighted by Gasteiger charge is -2.05. The molecule has 0 bridgehead atoms. The van der Waals surface area contributed by atoms with Crippen LogP contribution in [0.3, 0.4) is 0 Å². The van der Waals surface area contributed by atoms with Crippen molar-refractivity contribution < 1.29 is 14.3 Å². The van der Waals surface area contributed by atoms with Crippen LogP contribution in [-0.2, 0) is 16.0 Å². The molecule has 0 fully saturated rings. The molecule has 3 nitrogen and oxygen atoms in total. The third kappa shape index (κ3) is 3.20. The zero-order valence-electron chi connectivity index (χ0n) is 8.73. The van der Waals surface area contributed by atoms with Crippen molar-refractivity contribution >= 4 is 12.4 Å². The van der Waals surface area contributed by atoms with Crippen LogP contribution in [0.25, 0.3) is 0 Å². The molecule has 0 aromatic heterocycles. The van der Waals surface area contributed by atoms with Gasteiger partial charge in [-0.25, -0.2) is 4.79 Å².